The van der Waals surface area contributed by atoms with Crippen LogP contribution in [-0.4, -0.2) is 17.0 Å². The van der Waals surface area contributed by atoms with Crippen molar-refractivity contribution in [2.24, 2.45) is 0 Å². The van der Waals surface area contributed by atoms with Gasteiger partial charge in [0.2, 0.25) is 5.91 Å². The van der Waals surface area contributed by atoms with Crippen LogP contribution >= 0.6 is 0 Å². The molecule has 0 aliphatic heterocycles. The van der Waals surface area contributed by atoms with E-state index in [1.165, 1.54) is 0 Å². The Morgan fingerprint density at radius 2 is 1.55 bits per heavy atom. The second kappa shape index (κ2) is 6.02. The fourth-order valence-electron chi connectivity index (χ4n) is 2.71. The number of nitrogens with zero attached hydrogens (tertiary/aromatic N) is 1. The first kappa shape index (κ1) is 14.3. The summed E-state index contributed by atoms with van der Waals surface area (Å²) >= 11 is 0. The summed E-state index contributed by atoms with van der Waals surface area (Å²) in [5.74, 6) is -0.0409. The zero-order valence-electron chi connectivity index (χ0n) is 12.5. The molecule has 0 bridgehead atoms. The van der Waals surface area contributed by atoms with Crippen LogP contribution < -0.4 is 10.7 Å². The van der Waals surface area contributed by atoms with Crippen LogP contribution in [0, 0.1) is 0 Å². The van der Waals surface area contributed by atoms with Gasteiger partial charge in [-0.3, -0.25) is 9.59 Å². The van der Waals surface area contributed by atoms with Gasteiger partial charge in [-0.15, -0.1) is 0 Å². The number of hydrogen-bond acceptors (Lipinski definition) is 2. The van der Waals surface area contributed by atoms with E-state index in [0.29, 0.717) is 17.3 Å². The molecule has 2 aromatic carbocycles. The average Bonchev–Trinajstić information content (AvgIpc) is 2.57. The highest BCUT2D eigenvalue weighted by Crippen LogP contribution is 2.18. The zero-order chi connectivity index (χ0) is 15.5. The number of carbonyl (C=O) groups is 1. The molecule has 22 heavy (non-hydrogen) atoms. The van der Waals surface area contributed by atoms with Crippen LogP contribution in [0.2, 0.25) is 0 Å². The maximum absolute atomic E-state index is 12.6. The summed E-state index contributed by atoms with van der Waals surface area (Å²) in [4.78, 5) is 24.7. The number of para-hydroxylation sites is 2. The predicted molar refractivity (Wildman–Crippen MR) is 89.0 cm³/mol. The smallest absolute Gasteiger partial charge is 0.239 e. The number of benzene rings is 2. The third-order valence-electron chi connectivity index (χ3n) is 3.75. The van der Waals surface area contributed by atoms with Crippen molar-refractivity contribution in [3.63, 3.8) is 0 Å². The molecule has 0 aliphatic carbocycles. The number of pyridine rings is 1. The van der Waals surface area contributed by atoms with Gasteiger partial charge in [-0.05, 0) is 30.7 Å². The SMILES string of the molecule is CCCNC(=O)Cn1c2ccccc2c(=O)c2ccccc21. The first-order valence-electron chi connectivity index (χ1n) is 7.49. The van der Waals surface area contributed by atoms with Gasteiger partial charge >= 0.3 is 0 Å². The predicted octanol–water partition coefficient (Wildman–Crippen LogP) is 2.68. The summed E-state index contributed by atoms with van der Waals surface area (Å²) in [6.45, 7) is 2.89. The van der Waals surface area contributed by atoms with Gasteiger partial charge in [0, 0.05) is 17.3 Å². The van der Waals surface area contributed by atoms with E-state index in [1.807, 2.05) is 60.0 Å². The summed E-state index contributed by atoms with van der Waals surface area (Å²) < 4.78 is 1.91. The summed E-state index contributed by atoms with van der Waals surface area (Å²) in [6.07, 6.45) is 0.900. The monoisotopic (exact) mass is 294 g/mol. The van der Waals surface area contributed by atoms with E-state index in [0.717, 1.165) is 17.5 Å². The van der Waals surface area contributed by atoms with Gasteiger partial charge in [0.1, 0.15) is 6.54 Å². The van der Waals surface area contributed by atoms with Crippen LogP contribution in [0.5, 0.6) is 0 Å². The topological polar surface area (TPSA) is 51.1 Å². The molecule has 0 radical (unpaired) electrons. The second-order valence-electron chi connectivity index (χ2n) is 5.30. The highest BCUT2D eigenvalue weighted by Gasteiger charge is 2.12. The van der Waals surface area contributed by atoms with Crippen molar-refractivity contribution in [1.82, 2.24) is 9.88 Å². The molecule has 4 nitrogen and oxygen atoms in total. The largest absolute Gasteiger partial charge is 0.355 e. The number of fused-ring (bicyclic) bond motifs is 2. The van der Waals surface area contributed by atoms with Crippen molar-refractivity contribution < 1.29 is 4.79 Å². The van der Waals surface area contributed by atoms with Crippen LogP contribution in [0.1, 0.15) is 13.3 Å². The van der Waals surface area contributed by atoms with Crippen LogP contribution in [0.4, 0.5) is 0 Å². The Morgan fingerprint density at radius 3 is 2.09 bits per heavy atom. The standard InChI is InChI=1S/C18H18N2O2/c1-2-11-19-17(21)12-20-15-9-5-3-7-13(15)18(22)14-8-4-6-10-16(14)20/h3-10H,2,11-12H2,1H3,(H,19,21). The average molecular weight is 294 g/mol. The number of amides is 1. The van der Waals surface area contributed by atoms with E-state index in [9.17, 15) is 9.59 Å². The Hall–Kier alpha value is -2.62. The maximum Gasteiger partial charge on any atom is 0.239 e. The quantitative estimate of drug-likeness (QED) is 0.752. The Labute approximate surface area is 128 Å². The molecule has 1 heterocycles. The number of nitrogens with one attached hydrogen (secondary N) is 1. The number of rotatable bonds is 4. The van der Waals surface area contributed by atoms with Gasteiger partial charge < -0.3 is 9.88 Å². The van der Waals surface area contributed by atoms with Crippen LogP contribution in [-0.2, 0) is 11.3 Å². The molecule has 112 valence electrons. The Morgan fingerprint density at radius 1 is 1.00 bits per heavy atom. The Kier molecular flexibility index (Phi) is 3.92. The van der Waals surface area contributed by atoms with Gasteiger partial charge in [-0.2, -0.15) is 0 Å². The minimum absolute atomic E-state index is 0.0106. The molecule has 0 fully saturated rings. The summed E-state index contributed by atoms with van der Waals surface area (Å²) in [5, 5.41) is 4.17. The fourth-order valence-corrected chi connectivity index (χ4v) is 2.71. The Bertz CT molecular complexity index is 836. The van der Waals surface area contributed by atoms with E-state index in [4.69, 9.17) is 0 Å². The molecular formula is C18H18N2O2. The highest BCUT2D eigenvalue weighted by atomic mass is 16.2. The molecule has 0 spiro atoms. The molecule has 3 aromatic rings. The minimum atomic E-state index is -0.0409. The van der Waals surface area contributed by atoms with Gasteiger partial charge in [-0.25, -0.2) is 0 Å². The molecule has 1 N–H and O–H groups in total. The third kappa shape index (κ3) is 2.48. The molecule has 1 amide bonds. The summed E-state index contributed by atoms with van der Waals surface area (Å²) in [5.41, 5.74) is 1.59. The van der Waals surface area contributed by atoms with Crippen LogP contribution in [0.25, 0.3) is 21.8 Å². The van der Waals surface area contributed by atoms with E-state index >= 15 is 0 Å². The van der Waals surface area contributed by atoms with Crippen molar-refractivity contribution in [1.29, 1.82) is 0 Å². The lowest BCUT2D eigenvalue weighted by Crippen LogP contribution is -2.29. The molecule has 0 unspecified atom stereocenters. The lowest BCUT2D eigenvalue weighted by Gasteiger charge is -2.14. The summed E-state index contributed by atoms with van der Waals surface area (Å²) in [6, 6.07) is 14.9. The van der Waals surface area contributed by atoms with Crippen LogP contribution in [0.3, 0.4) is 0 Å². The highest BCUT2D eigenvalue weighted by molar-refractivity contribution is 5.94. The molecule has 1 aromatic heterocycles. The van der Waals surface area contributed by atoms with Crippen molar-refractivity contribution in [3.05, 3.63) is 58.8 Å². The summed E-state index contributed by atoms with van der Waals surface area (Å²) in [7, 11) is 0. The Balaban J connectivity index is 2.23. The van der Waals surface area contributed by atoms with E-state index in [1.54, 1.807) is 0 Å². The van der Waals surface area contributed by atoms with E-state index in [2.05, 4.69) is 5.32 Å². The number of aromatic nitrogens is 1. The molecule has 0 saturated heterocycles. The number of carbonyl (C=O) groups excluding carboxylic acids is 1. The van der Waals surface area contributed by atoms with E-state index in [-0.39, 0.29) is 17.9 Å². The lowest BCUT2D eigenvalue weighted by molar-refractivity contribution is -0.121. The van der Waals surface area contributed by atoms with E-state index < -0.39 is 0 Å². The van der Waals surface area contributed by atoms with Gasteiger partial charge in [0.05, 0.1) is 11.0 Å². The second-order valence-corrected chi connectivity index (χ2v) is 5.30. The van der Waals surface area contributed by atoms with Gasteiger partial charge in [0.15, 0.2) is 5.43 Å². The normalized spacial score (nSPS) is 11.0. The first-order valence-corrected chi connectivity index (χ1v) is 7.49. The van der Waals surface area contributed by atoms with Crippen molar-refractivity contribution in [3.8, 4) is 0 Å². The molecule has 4 heteroatoms. The fraction of sp³-hybridized carbons (Fsp3) is 0.222. The van der Waals surface area contributed by atoms with Gasteiger partial charge in [0.25, 0.3) is 0 Å². The lowest BCUT2D eigenvalue weighted by atomic mass is 10.1. The maximum atomic E-state index is 12.6. The third-order valence-corrected chi connectivity index (χ3v) is 3.75. The van der Waals surface area contributed by atoms with Crippen molar-refractivity contribution in [2.75, 3.05) is 6.54 Å². The minimum Gasteiger partial charge on any atom is -0.355 e. The van der Waals surface area contributed by atoms with Gasteiger partial charge in [-0.1, -0.05) is 31.2 Å². The first-order chi connectivity index (χ1) is 10.7. The zero-order valence-corrected chi connectivity index (χ0v) is 12.5. The van der Waals surface area contributed by atoms with Crippen molar-refractivity contribution in [2.45, 2.75) is 19.9 Å². The van der Waals surface area contributed by atoms with Crippen LogP contribution in [0.15, 0.2) is 53.3 Å². The molecule has 0 saturated carbocycles. The molecule has 0 aliphatic rings. The van der Waals surface area contributed by atoms with Crippen molar-refractivity contribution >= 4 is 27.7 Å². The molecule has 0 atom stereocenters. The molecular weight excluding hydrogens is 276 g/mol. The number of hydrogen-bond donors (Lipinski definition) is 1. The molecule has 3 rings (SSSR count).